The molecule has 1 aliphatic rings. The molecule has 0 amide bonds. The van der Waals surface area contributed by atoms with E-state index in [0.29, 0.717) is 0 Å². The van der Waals surface area contributed by atoms with Crippen LogP contribution in [-0.4, -0.2) is 20.3 Å². The highest BCUT2D eigenvalue weighted by Crippen LogP contribution is 2.36. The summed E-state index contributed by atoms with van der Waals surface area (Å²) in [6.45, 7) is 12.0. The van der Waals surface area contributed by atoms with Crippen LogP contribution < -0.4 is 0 Å². The van der Waals surface area contributed by atoms with Crippen molar-refractivity contribution >= 4 is 7.12 Å². The lowest BCUT2D eigenvalue weighted by atomic mass is 9.59. The fourth-order valence-electron chi connectivity index (χ4n) is 1.59. The SMILES string of the molecule is C=CC(B1OCCCO1)C(C)(C)C. The standard InChI is InChI=1S/C10H19BO2/c1-5-9(10(2,3)4)11-12-7-6-8-13-11/h5,9H,1,6-8H2,2-4H3. The van der Waals surface area contributed by atoms with Crippen molar-refractivity contribution in [1.82, 2.24) is 0 Å². The molecular weight excluding hydrogens is 163 g/mol. The van der Waals surface area contributed by atoms with Crippen LogP contribution in [0.1, 0.15) is 27.2 Å². The summed E-state index contributed by atoms with van der Waals surface area (Å²) in [6.07, 6.45) is 2.94. The lowest BCUT2D eigenvalue weighted by Crippen LogP contribution is -2.38. The van der Waals surface area contributed by atoms with Gasteiger partial charge in [-0.3, -0.25) is 0 Å². The van der Waals surface area contributed by atoms with Crippen LogP contribution in [0.25, 0.3) is 0 Å². The highest BCUT2D eigenvalue weighted by molar-refractivity contribution is 6.47. The Morgan fingerprint density at radius 3 is 2.23 bits per heavy atom. The Kier molecular flexibility index (Phi) is 3.57. The Bertz CT molecular complexity index is 168. The maximum absolute atomic E-state index is 5.56. The summed E-state index contributed by atoms with van der Waals surface area (Å²) in [5, 5.41) is 0. The Hall–Kier alpha value is -0.275. The summed E-state index contributed by atoms with van der Waals surface area (Å²) in [5.41, 5.74) is 0.157. The van der Waals surface area contributed by atoms with Gasteiger partial charge in [0.15, 0.2) is 0 Å². The molecule has 1 saturated heterocycles. The molecule has 1 fully saturated rings. The predicted molar refractivity (Wildman–Crippen MR) is 55.7 cm³/mol. The van der Waals surface area contributed by atoms with Crippen LogP contribution in [0.3, 0.4) is 0 Å². The van der Waals surface area contributed by atoms with Gasteiger partial charge >= 0.3 is 7.12 Å². The first-order chi connectivity index (χ1) is 6.05. The zero-order valence-electron chi connectivity index (χ0n) is 8.88. The van der Waals surface area contributed by atoms with Gasteiger partial charge in [0, 0.05) is 19.0 Å². The second kappa shape index (κ2) is 4.29. The predicted octanol–water partition coefficient (Wildman–Crippen LogP) is 2.51. The van der Waals surface area contributed by atoms with Gasteiger partial charge in [-0.1, -0.05) is 26.8 Å². The molecule has 0 radical (unpaired) electrons. The van der Waals surface area contributed by atoms with E-state index in [0.717, 1.165) is 19.6 Å². The fraction of sp³-hybridized carbons (Fsp3) is 0.800. The number of rotatable bonds is 2. The van der Waals surface area contributed by atoms with E-state index in [2.05, 4.69) is 27.4 Å². The van der Waals surface area contributed by atoms with E-state index in [1.165, 1.54) is 0 Å². The highest BCUT2D eigenvalue weighted by Gasteiger charge is 2.37. The van der Waals surface area contributed by atoms with E-state index >= 15 is 0 Å². The highest BCUT2D eigenvalue weighted by atomic mass is 16.6. The molecule has 1 heterocycles. The third-order valence-electron chi connectivity index (χ3n) is 2.40. The molecule has 0 aromatic rings. The van der Waals surface area contributed by atoms with Gasteiger partial charge in [0.2, 0.25) is 0 Å². The van der Waals surface area contributed by atoms with Crippen LogP contribution in [0.5, 0.6) is 0 Å². The minimum absolute atomic E-state index is 0.0914. The lowest BCUT2D eigenvalue weighted by molar-refractivity contribution is 0.119. The molecule has 0 saturated carbocycles. The molecule has 1 rings (SSSR count). The second-order valence-corrected chi connectivity index (χ2v) is 4.59. The summed E-state index contributed by atoms with van der Waals surface area (Å²) in [6, 6.07) is 0. The van der Waals surface area contributed by atoms with Gasteiger partial charge in [-0.25, -0.2) is 0 Å². The zero-order valence-corrected chi connectivity index (χ0v) is 8.88. The van der Waals surface area contributed by atoms with E-state index in [-0.39, 0.29) is 18.4 Å². The average Bonchev–Trinajstić information content (AvgIpc) is 2.05. The normalized spacial score (nSPS) is 21.3. The van der Waals surface area contributed by atoms with Crippen molar-refractivity contribution in [3.8, 4) is 0 Å². The number of allylic oxidation sites excluding steroid dienone is 1. The Morgan fingerprint density at radius 1 is 1.31 bits per heavy atom. The lowest BCUT2D eigenvalue weighted by Gasteiger charge is -2.33. The molecule has 0 aromatic heterocycles. The van der Waals surface area contributed by atoms with Gasteiger partial charge in [0.05, 0.1) is 0 Å². The molecule has 1 aliphatic heterocycles. The monoisotopic (exact) mass is 182 g/mol. The van der Waals surface area contributed by atoms with Crippen LogP contribution >= 0.6 is 0 Å². The molecule has 1 atom stereocenters. The molecular formula is C10H19BO2. The smallest absolute Gasteiger partial charge is 0.411 e. The largest absolute Gasteiger partial charge is 0.464 e. The molecule has 74 valence electrons. The first kappa shape index (κ1) is 10.8. The van der Waals surface area contributed by atoms with Crippen LogP contribution in [0.2, 0.25) is 5.82 Å². The second-order valence-electron chi connectivity index (χ2n) is 4.59. The molecule has 0 bridgehead atoms. The van der Waals surface area contributed by atoms with Gasteiger partial charge < -0.3 is 9.31 Å². The minimum atomic E-state index is -0.0914. The van der Waals surface area contributed by atoms with E-state index in [9.17, 15) is 0 Å². The third kappa shape index (κ3) is 2.85. The van der Waals surface area contributed by atoms with Crippen molar-refractivity contribution in [1.29, 1.82) is 0 Å². The molecule has 1 unspecified atom stereocenters. The van der Waals surface area contributed by atoms with Gasteiger partial charge in [0.1, 0.15) is 0 Å². The molecule has 3 heteroatoms. The van der Waals surface area contributed by atoms with E-state index in [4.69, 9.17) is 9.31 Å². The summed E-state index contributed by atoms with van der Waals surface area (Å²) in [7, 11) is -0.0914. The Morgan fingerprint density at radius 2 is 1.85 bits per heavy atom. The first-order valence-corrected chi connectivity index (χ1v) is 4.91. The summed E-state index contributed by atoms with van der Waals surface area (Å²) < 4.78 is 11.1. The third-order valence-corrected chi connectivity index (χ3v) is 2.40. The van der Waals surface area contributed by atoms with Crippen LogP contribution in [0, 0.1) is 5.41 Å². The van der Waals surface area contributed by atoms with Crippen molar-refractivity contribution in [2.75, 3.05) is 13.2 Å². The summed E-state index contributed by atoms with van der Waals surface area (Å²) >= 11 is 0. The van der Waals surface area contributed by atoms with Crippen molar-refractivity contribution in [2.45, 2.75) is 33.0 Å². The molecule has 2 nitrogen and oxygen atoms in total. The number of hydrogen-bond donors (Lipinski definition) is 0. The summed E-state index contributed by atoms with van der Waals surface area (Å²) in [5.74, 6) is 0.271. The Labute approximate surface area is 81.4 Å². The molecule has 0 N–H and O–H groups in total. The van der Waals surface area contributed by atoms with Crippen molar-refractivity contribution < 1.29 is 9.31 Å². The van der Waals surface area contributed by atoms with Gasteiger partial charge in [-0.2, -0.15) is 0 Å². The zero-order chi connectivity index (χ0) is 9.90. The van der Waals surface area contributed by atoms with Gasteiger partial charge in [-0.15, -0.1) is 6.58 Å². The minimum Gasteiger partial charge on any atom is -0.411 e. The van der Waals surface area contributed by atoms with Crippen molar-refractivity contribution in [3.63, 3.8) is 0 Å². The fourth-order valence-corrected chi connectivity index (χ4v) is 1.59. The average molecular weight is 182 g/mol. The molecule has 13 heavy (non-hydrogen) atoms. The molecule has 0 aromatic carbocycles. The van der Waals surface area contributed by atoms with E-state index in [1.807, 2.05) is 6.08 Å². The Balaban J connectivity index is 2.59. The number of hydrogen-bond acceptors (Lipinski definition) is 2. The molecule has 0 aliphatic carbocycles. The first-order valence-electron chi connectivity index (χ1n) is 4.91. The van der Waals surface area contributed by atoms with Crippen LogP contribution in [0.4, 0.5) is 0 Å². The molecule has 0 spiro atoms. The maximum atomic E-state index is 5.56. The van der Waals surface area contributed by atoms with Gasteiger partial charge in [-0.05, 0) is 11.8 Å². The van der Waals surface area contributed by atoms with Crippen molar-refractivity contribution in [2.24, 2.45) is 5.41 Å². The van der Waals surface area contributed by atoms with E-state index in [1.54, 1.807) is 0 Å². The van der Waals surface area contributed by atoms with Crippen LogP contribution in [-0.2, 0) is 9.31 Å². The summed E-state index contributed by atoms with van der Waals surface area (Å²) in [4.78, 5) is 0. The quantitative estimate of drug-likeness (QED) is 0.482. The van der Waals surface area contributed by atoms with E-state index < -0.39 is 0 Å². The topological polar surface area (TPSA) is 18.5 Å². The maximum Gasteiger partial charge on any atom is 0.464 e. The van der Waals surface area contributed by atoms with Gasteiger partial charge in [0.25, 0.3) is 0 Å². The van der Waals surface area contributed by atoms with Crippen molar-refractivity contribution in [3.05, 3.63) is 12.7 Å². The van der Waals surface area contributed by atoms with Crippen LogP contribution in [0.15, 0.2) is 12.7 Å².